The fourth-order valence-corrected chi connectivity index (χ4v) is 10.5. The number of amides is 2. The average molecular weight is 826 g/mol. The van der Waals surface area contributed by atoms with Gasteiger partial charge in [-0.2, -0.15) is 0 Å². The normalized spacial score (nSPS) is 20.1. The van der Waals surface area contributed by atoms with E-state index in [-0.39, 0.29) is 47.9 Å². The molecule has 0 bridgehead atoms. The molecule has 13 heteroatoms. The van der Waals surface area contributed by atoms with Gasteiger partial charge in [-0.25, -0.2) is 4.98 Å². The number of benzene rings is 3. The van der Waals surface area contributed by atoms with Crippen molar-refractivity contribution in [3.8, 4) is 27.4 Å². The molecular formula is C47H51N7O5S. The van der Waals surface area contributed by atoms with Crippen molar-refractivity contribution in [2.45, 2.75) is 89.8 Å². The van der Waals surface area contributed by atoms with E-state index in [0.29, 0.717) is 22.9 Å². The number of piperidine rings is 1. The van der Waals surface area contributed by atoms with E-state index in [1.807, 2.05) is 87.8 Å². The van der Waals surface area contributed by atoms with Gasteiger partial charge in [-0.3, -0.25) is 9.59 Å². The SMILES string of the molecule is Cc1ncsc1-c1ccc(C(C)NC(=O)[C@@H]2C[C@@H](O)CN2C(=O)C(c2cc(N3CCC4(CC3)CC(c3ccc5nnc(-c6ccccc6O)cc5c3)C4)no2)C(C)C)cc1. The van der Waals surface area contributed by atoms with Crippen molar-refractivity contribution in [1.82, 2.24) is 30.6 Å². The van der Waals surface area contributed by atoms with Crippen LogP contribution in [0.1, 0.15) is 93.3 Å². The molecule has 3 aromatic carbocycles. The number of β-amino-alcohol motifs (C(OH)–C–C–N with tert-alkyl or cyclic N) is 1. The lowest BCUT2D eigenvalue weighted by molar-refractivity contribution is -0.141. The van der Waals surface area contributed by atoms with Gasteiger partial charge in [0.25, 0.3) is 0 Å². The van der Waals surface area contributed by atoms with Gasteiger partial charge in [-0.05, 0) is 104 Å². The second-order valence-electron chi connectivity index (χ2n) is 17.5. The molecule has 3 aliphatic rings. The molecule has 1 saturated carbocycles. The Labute approximate surface area is 353 Å². The van der Waals surface area contributed by atoms with Gasteiger partial charge in [0, 0.05) is 43.1 Å². The lowest BCUT2D eigenvalue weighted by atomic mass is 9.56. The van der Waals surface area contributed by atoms with Gasteiger partial charge in [-0.1, -0.05) is 61.5 Å². The van der Waals surface area contributed by atoms with Crippen molar-refractivity contribution in [2.24, 2.45) is 11.3 Å². The van der Waals surface area contributed by atoms with Gasteiger partial charge in [-0.15, -0.1) is 21.5 Å². The maximum absolute atomic E-state index is 14.3. The first-order valence-corrected chi connectivity index (χ1v) is 21.9. The quantitative estimate of drug-likeness (QED) is 0.123. The van der Waals surface area contributed by atoms with E-state index in [1.54, 1.807) is 23.5 Å². The summed E-state index contributed by atoms with van der Waals surface area (Å²) in [5.41, 5.74) is 8.61. The molecule has 6 aromatic rings. The molecule has 5 heterocycles. The van der Waals surface area contributed by atoms with Crippen LogP contribution in [0.3, 0.4) is 0 Å². The number of aryl methyl sites for hydroxylation is 1. The number of anilines is 1. The Morgan fingerprint density at radius 2 is 1.73 bits per heavy atom. The van der Waals surface area contributed by atoms with Crippen LogP contribution in [-0.4, -0.2) is 79.0 Å². The Hall–Kier alpha value is -5.66. The summed E-state index contributed by atoms with van der Waals surface area (Å²) in [4.78, 5) is 37.3. The lowest BCUT2D eigenvalue weighted by Crippen LogP contribution is -2.48. The van der Waals surface area contributed by atoms with Crippen LogP contribution in [0.25, 0.3) is 32.6 Å². The molecule has 3 aromatic heterocycles. The zero-order valence-corrected chi connectivity index (χ0v) is 35.2. The fourth-order valence-electron chi connectivity index (χ4n) is 9.67. The largest absolute Gasteiger partial charge is 0.507 e. The third-order valence-corrected chi connectivity index (χ3v) is 14.1. The van der Waals surface area contributed by atoms with Crippen LogP contribution in [0.2, 0.25) is 0 Å². The highest BCUT2D eigenvalue weighted by Crippen LogP contribution is 2.57. The van der Waals surface area contributed by atoms with Crippen molar-refractivity contribution in [3.63, 3.8) is 0 Å². The predicted octanol–water partition coefficient (Wildman–Crippen LogP) is 8.17. The third-order valence-electron chi connectivity index (χ3n) is 13.2. The van der Waals surface area contributed by atoms with Crippen molar-refractivity contribution >= 4 is 39.9 Å². The molecule has 9 rings (SSSR count). The molecule has 2 aliphatic heterocycles. The van der Waals surface area contributed by atoms with Gasteiger partial charge in [0.15, 0.2) is 11.6 Å². The molecule has 60 heavy (non-hydrogen) atoms. The average Bonchev–Trinajstić information content (AvgIpc) is 4.00. The molecule has 310 valence electrons. The third kappa shape index (κ3) is 7.64. The zero-order valence-electron chi connectivity index (χ0n) is 34.4. The van der Waals surface area contributed by atoms with Crippen LogP contribution in [0.5, 0.6) is 5.75 Å². The summed E-state index contributed by atoms with van der Waals surface area (Å²) in [6.45, 7) is 9.65. The number of thiazole rings is 1. The van der Waals surface area contributed by atoms with Crippen molar-refractivity contribution in [2.75, 3.05) is 24.5 Å². The minimum Gasteiger partial charge on any atom is -0.507 e. The number of aliphatic hydroxyl groups excluding tert-OH is 1. The number of nitrogens with one attached hydrogen (secondary N) is 1. The molecule has 2 amide bonds. The number of aromatic nitrogens is 4. The Bertz CT molecular complexity index is 2520. The molecular weight excluding hydrogens is 775 g/mol. The second kappa shape index (κ2) is 16.1. The lowest BCUT2D eigenvalue weighted by Gasteiger charge is -2.52. The van der Waals surface area contributed by atoms with E-state index in [2.05, 4.69) is 42.7 Å². The Morgan fingerprint density at radius 1 is 0.967 bits per heavy atom. The summed E-state index contributed by atoms with van der Waals surface area (Å²) in [7, 11) is 0. The monoisotopic (exact) mass is 825 g/mol. The van der Waals surface area contributed by atoms with E-state index < -0.39 is 18.1 Å². The minimum absolute atomic E-state index is 0.0835. The molecule has 3 fully saturated rings. The fraction of sp³-hybridized carbons (Fsp3) is 0.404. The smallest absolute Gasteiger partial charge is 0.243 e. The van der Waals surface area contributed by atoms with E-state index >= 15 is 0 Å². The number of hydrogen-bond acceptors (Lipinski definition) is 11. The van der Waals surface area contributed by atoms with E-state index in [4.69, 9.17) is 4.52 Å². The number of nitrogens with zero attached hydrogens (tertiary/aromatic N) is 6. The van der Waals surface area contributed by atoms with E-state index in [9.17, 15) is 19.8 Å². The number of para-hydroxylation sites is 1. The molecule has 3 N–H and O–H groups in total. The first kappa shape index (κ1) is 39.8. The topological polar surface area (TPSA) is 158 Å². The highest BCUT2D eigenvalue weighted by atomic mass is 32.1. The number of carbonyl (C=O) groups excluding carboxylic acids is 2. The standard InChI is InChI=1S/C47H51N7O5S/c1-27(2)43(46(58)54-25-35(55)21-39(54)45(57)49-28(3)30-9-11-31(12-10-30)44-29(4)48-26-60-44)41-22-42(52-59-41)53-17-15-47(16-18-53)23-34(24-47)32-13-14-37-33(19-32)20-38(51-50-37)36-7-5-6-8-40(36)56/h5-14,19-20,22,26-28,34-35,39,43,55-56H,15-18,21,23-25H2,1-4H3,(H,49,57)/t28?,35-,39+,43?/m1/s1. The molecule has 2 unspecified atom stereocenters. The van der Waals surface area contributed by atoms with Crippen LogP contribution in [0.15, 0.2) is 88.9 Å². The van der Waals surface area contributed by atoms with Crippen molar-refractivity contribution < 1.29 is 24.3 Å². The van der Waals surface area contributed by atoms with Gasteiger partial charge in [0.05, 0.1) is 39.4 Å². The predicted molar refractivity (Wildman–Crippen MR) is 232 cm³/mol. The first-order valence-electron chi connectivity index (χ1n) is 21.0. The summed E-state index contributed by atoms with van der Waals surface area (Å²) in [6, 6.07) is 24.5. The van der Waals surface area contributed by atoms with Crippen LogP contribution in [0, 0.1) is 18.3 Å². The van der Waals surface area contributed by atoms with Gasteiger partial charge >= 0.3 is 0 Å². The number of likely N-dealkylation sites (tertiary alicyclic amines) is 1. The van der Waals surface area contributed by atoms with Crippen LogP contribution >= 0.6 is 11.3 Å². The second-order valence-corrected chi connectivity index (χ2v) is 18.3. The summed E-state index contributed by atoms with van der Waals surface area (Å²) in [5.74, 6) is 0.557. The minimum atomic E-state index is -0.801. The Balaban J connectivity index is 0.817. The van der Waals surface area contributed by atoms with Crippen molar-refractivity contribution in [1.29, 1.82) is 0 Å². The number of rotatable bonds is 10. The summed E-state index contributed by atoms with van der Waals surface area (Å²) >= 11 is 1.60. The summed E-state index contributed by atoms with van der Waals surface area (Å²) in [5, 5.41) is 38.5. The molecule has 12 nitrogen and oxygen atoms in total. The van der Waals surface area contributed by atoms with Crippen LogP contribution < -0.4 is 10.2 Å². The Morgan fingerprint density at radius 3 is 2.45 bits per heavy atom. The van der Waals surface area contributed by atoms with Crippen molar-refractivity contribution in [3.05, 3.63) is 107 Å². The number of phenolic OH excluding ortho intramolecular Hbond substituents is 1. The summed E-state index contributed by atoms with van der Waals surface area (Å²) < 4.78 is 5.93. The van der Waals surface area contributed by atoms with Crippen LogP contribution in [-0.2, 0) is 9.59 Å². The number of aliphatic hydroxyl groups is 1. The van der Waals surface area contributed by atoms with Gasteiger partial charge < -0.3 is 29.9 Å². The molecule has 0 radical (unpaired) electrons. The Kier molecular flexibility index (Phi) is 10.7. The first-order chi connectivity index (χ1) is 28.9. The molecule has 4 atom stereocenters. The number of aromatic hydroxyl groups is 1. The number of carbonyl (C=O) groups is 2. The van der Waals surface area contributed by atoms with Crippen LogP contribution in [0.4, 0.5) is 5.82 Å². The molecule has 1 aliphatic carbocycles. The van der Waals surface area contributed by atoms with E-state index in [0.717, 1.165) is 77.2 Å². The molecule has 1 spiro atoms. The van der Waals surface area contributed by atoms with Gasteiger partial charge in [0.2, 0.25) is 11.8 Å². The maximum Gasteiger partial charge on any atom is 0.243 e. The number of phenols is 1. The highest BCUT2D eigenvalue weighted by molar-refractivity contribution is 7.13. The zero-order chi connectivity index (χ0) is 41.7. The maximum atomic E-state index is 14.3. The molecule has 2 saturated heterocycles. The highest BCUT2D eigenvalue weighted by Gasteiger charge is 2.47. The van der Waals surface area contributed by atoms with Gasteiger partial charge in [0.1, 0.15) is 17.7 Å². The number of hydrogen-bond donors (Lipinski definition) is 3. The van der Waals surface area contributed by atoms with E-state index in [1.165, 1.54) is 10.5 Å². The number of fused-ring (bicyclic) bond motifs is 1. The summed E-state index contributed by atoms with van der Waals surface area (Å²) in [6.07, 6.45) is 3.72.